The molecule has 0 spiro atoms. The van der Waals surface area contributed by atoms with Gasteiger partial charge in [0.15, 0.2) is 0 Å². The first-order valence-corrected chi connectivity index (χ1v) is 6.66. The van der Waals surface area contributed by atoms with Crippen LogP contribution in [0.5, 0.6) is 0 Å². The summed E-state index contributed by atoms with van der Waals surface area (Å²) in [7, 11) is 0. The zero-order valence-corrected chi connectivity index (χ0v) is 12.5. The minimum Gasteiger partial charge on any atom is -0.394 e. The molecule has 0 amide bonds. The third kappa shape index (κ3) is 13.8. The minimum atomic E-state index is -0.125. The van der Waals surface area contributed by atoms with Gasteiger partial charge in [-0.05, 0) is 40.5 Å². The SMILES string of the molecule is CCCC(C)(C)OC(C)(C)CCC.OCCO. The van der Waals surface area contributed by atoms with E-state index in [-0.39, 0.29) is 24.4 Å². The minimum absolute atomic E-state index is 0.0351. The summed E-state index contributed by atoms with van der Waals surface area (Å²) in [6.07, 6.45) is 4.66. The molecule has 0 aromatic carbocycles. The third-order valence-corrected chi connectivity index (χ3v) is 2.36. The molecule has 3 nitrogen and oxygen atoms in total. The number of hydrogen-bond donors (Lipinski definition) is 2. The van der Waals surface area contributed by atoms with Crippen molar-refractivity contribution in [1.29, 1.82) is 0 Å². The molecule has 0 rings (SSSR count). The fraction of sp³-hybridized carbons (Fsp3) is 1.00. The Bertz CT molecular complexity index is 147. The summed E-state index contributed by atoms with van der Waals surface area (Å²) in [5.74, 6) is 0. The molecule has 0 atom stereocenters. The van der Waals surface area contributed by atoms with Gasteiger partial charge in [-0.15, -0.1) is 0 Å². The highest BCUT2D eigenvalue weighted by Crippen LogP contribution is 2.27. The average Bonchev–Trinajstić information content (AvgIpc) is 2.15. The van der Waals surface area contributed by atoms with Crippen molar-refractivity contribution in [3.05, 3.63) is 0 Å². The Morgan fingerprint density at radius 3 is 1.24 bits per heavy atom. The Kier molecular flexibility index (Phi) is 11.2. The molecule has 0 aromatic heterocycles. The topological polar surface area (TPSA) is 49.7 Å². The first-order valence-electron chi connectivity index (χ1n) is 6.66. The monoisotopic (exact) mass is 248 g/mol. The summed E-state index contributed by atoms with van der Waals surface area (Å²) >= 11 is 0. The van der Waals surface area contributed by atoms with Gasteiger partial charge in [0.1, 0.15) is 0 Å². The van der Waals surface area contributed by atoms with Gasteiger partial charge in [0.05, 0.1) is 24.4 Å². The molecular formula is C14H32O3. The van der Waals surface area contributed by atoms with Crippen LogP contribution in [-0.4, -0.2) is 34.6 Å². The van der Waals surface area contributed by atoms with E-state index in [4.69, 9.17) is 14.9 Å². The zero-order chi connectivity index (χ0) is 13.9. The molecule has 0 unspecified atom stereocenters. The lowest BCUT2D eigenvalue weighted by molar-refractivity contribution is -0.129. The molecule has 0 fully saturated rings. The number of hydrogen-bond acceptors (Lipinski definition) is 3. The van der Waals surface area contributed by atoms with E-state index >= 15 is 0 Å². The second-order valence-electron chi connectivity index (χ2n) is 5.57. The zero-order valence-electron chi connectivity index (χ0n) is 12.5. The van der Waals surface area contributed by atoms with E-state index in [9.17, 15) is 0 Å². The second kappa shape index (κ2) is 9.86. The highest BCUT2D eigenvalue weighted by molar-refractivity contribution is 4.76. The Morgan fingerprint density at radius 2 is 1.06 bits per heavy atom. The van der Waals surface area contributed by atoms with Crippen molar-refractivity contribution in [1.82, 2.24) is 0 Å². The van der Waals surface area contributed by atoms with Gasteiger partial charge in [-0.2, -0.15) is 0 Å². The molecule has 0 saturated heterocycles. The van der Waals surface area contributed by atoms with E-state index in [2.05, 4.69) is 41.5 Å². The summed E-state index contributed by atoms with van der Waals surface area (Å²) in [5, 5.41) is 15.2. The van der Waals surface area contributed by atoms with Crippen LogP contribution in [0.3, 0.4) is 0 Å². The van der Waals surface area contributed by atoms with Gasteiger partial charge in [-0.1, -0.05) is 26.7 Å². The lowest BCUT2D eigenvalue weighted by atomic mass is 9.98. The van der Waals surface area contributed by atoms with E-state index < -0.39 is 0 Å². The summed E-state index contributed by atoms with van der Waals surface area (Å²) in [6, 6.07) is 0. The lowest BCUT2D eigenvalue weighted by Crippen LogP contribution is -2.36. The van der Waals surface area contributed by atoms with E-state index in [1.54, 1.807) is 0 Å². The Balaban J connectivity index is 0. The van der Waals surface area contributed by atoms with Crippen LogP contribution in [0.4, 0.5) is 0 Å². The first kappa shape index (κ1) is 19.2. The fourth-order valence-electron chi connectivity index (χ4n) is 2.05. The van der Waals surface area contributed by atoms with Crippen molar-refractivity contribution in [2.24, 2.45) is 0 Å². The van der Waals surface area contributed by atoms with Crippen molar-refractivity contribution < 1.29 is 14.9 Å². The van der Waals surface area contributed by atoms with Crippen LogP contribution in [0.2, 0.25) is 0 Å². The Hall–Kier alpha value is -0.120. The van der Waals surface area contributed by atoms with Crippen LogP contribution in [0, 0.1) is 0 Å². The summed E-state index contributed by atoms with van der Waals surface area (Å²) in [6.45, 7) is 12.9. The molecule has 0 aliphatic rings. The van der Waals surface area contributed by atoms with Crippen molar-refractivity contribution in [3.8, 4) is 0 Å². The maximum Gasteiger partial charge on any atom is 0.0662 e. The van der Waals surface area contributed by atoms with Crippen LogP contribution < -0.4 is 0 Å². The predicted octanol–water partition coefficient (Wildman–Crippen LogP) is 3.13. The van der Waals surface area contributed by atoms with Gasteiger partial charge >= 0.3 is 0 Å². The molecule has 0 bridgehead atoms. The Morgan fingerprint density at radius 1 is 0.765 bits per heavy atom. The van der Waals surface area contributed by atoms with Crippen molar-refractivity contribution in [2.45, 2.75) is 78.4 Å². The van der Waals surface area contributed by atoms with Crippen LogP contribution >= 0.6 is 0 Å². The third-order valence-electron chi connectivity index (χ3n) is 2.36. The van der Waals surface area contributed by atoms with Crippen LogP contribution in [-0.2, 0) is 4.74 Å². The number of ether oxygens (including phenoxy) is 1. The highest BCUT2D eigenvalue weighted by atomic mass is 16.5. The smallest absolute Gasteiger partial charge is 0.0662 e. The molecule has 0 saturated carbocycles. The molecular weight excluding hydrogens is 216 g/mol. The number of aliphatic hydroxyl groups excluding tert-OH is 2. The molecule has 0 heterocycles. The normalized spacial score (nSPS) is 12.0. The van der Waals surface area contributed by atoms with Crippen molar-refractivity contribution >= 4 is 0 Å². The van der Waals surface area contributed by atoms with Crippen molar-refractivity contribution in [3.63, 3.8) is 0 Å². The lowest BCUT2D eigenvalue weighted by Gasteiger charge is -2.36. The summed E-state index contributed by atoms with van der Waals surface area (Å²) in [4.78, 5) is 0. The van der Waals surface area contributed by atoms with E-state index in [0.717, 1.165) is 12.8 Å². The molecule has 0 aliphatic carbocycles. The number of rotatable bonds is 7. The molecule has 0 aromatic rings. The molecule has 3 heteroatoms. The first-order chi connectivity index (χ1) is 7.74. The van der Waals surface area contributed by atoms with Crippen LogP contribution in [0.15, 0.2) is 0 Å². The van der Waals surface area contributed by atoms with Gasteiger partial charge < -0.3 is 14.9 Å². The van der Waals surface area contributed by atoms with Crippen LogP contribution in [0.1, 0.15) is 67.2 Å². The maximum atomic E-state index is 7.62. The number of aliphatic hydroxyl groups is 2. The van der Waals surface area contributed by atoms with Crippen LogP contribution in [0.25, 0.3) is 0 Å². The van der Waals surface area contributed by atoms with Crippen molar-refractivity contribution in [2.75, 3.05) is 13.2 Å². The maximum absolute atomic E-state index is 7.62. The van der Waals surface area contributed by atoms with E-state index in [1.165, 1.54) is 12.8 Å². The van der Waals surface area contributed by atoms with Gasteiger partial charge in [0.25, 0.3) is 0 Å². The predicted molar refractivity (Wildman–Crippen MR) is 73.2 cm³/mol. The summed E-state index contributed by atoms with van der Waals surface area (Å²) < 4.78 is 6.11. The van der Waals surface area contributed by atoms with E-state index in [1.807, 2.05) is 0 Å². The molecule has 2 N–H and O–H groups in total. The summed E-state index contributed by atoms with van der Waals surface area (Å²) in [5.41, 5.74) is 0.0703. The van der Waals surface area contributed by atoms with Gasteiger partial charge in [0, 0.05) is 0 Å². The van der Waals surface area contributed by atoms with E-state index in [0.29, 0.717) is 0 Å². The Labute approximate surface area is 107 Å². The second-order valence-corrected chi connectivity index (χ2v) is 5.57. The van der Waals surface area contributed by atoms with Gasteiger partial charge in [-0.3, -0.25) is 0 Å². The molecule has 17 heavy (non-hydrogen) atoms. The molecule has 0 aliphatic heterocycles. The average molecular weight is 248 g/mol. The molecule has 106 valence electrons. The molecule has 0 radical (unpaired) electrons. The fourth-order valence-corrected chi connectivity index (χ4v) is 2.05. The quantitative estimate of drug-likeness (QED) is 0.727. The largest absolute Gasteiger partial charge is 0.394 e. The van der Waals surface area contributed by atoms with Gasteiger partial charge in [-0.25, -0.2) is 0 Å². The standard InChI is InChI=1S/C12H26O.C2H6O2/c1-7-9-11(3,4)13-12(5,6)10-8-2;3-1-2-4/h7-10H2,1-6H3;3-4H,1-2H2. The highest BCUT2D eigenvalue weighted by Gasteiger charge is 2.27. The van der Waals surface area contributed by atoms with Gasteiger partial charge in [0.2, 0.25) is 0 Å².